The van der Waals surface area contributed by atoms with Gasteiger partial charge in [-0.3, -0.25) is 4.72 Å². The van der Waals surface area contributed by atoms with Crippen LogP contribution in [0.5, 0.6) is 0 Å². The first-order valence-corrected chi connectivity index (χ1v) is 11.7. The maximum atomic E-state index is 12.4. The van der Waals surface area contributed by atoms with Crippen molar-refractivity contribution in [1.82, 2.24) is 4.90 Å². The first-order valence-electron chi connectivity index (χ1n) is 10.2. The summed E-state index contributed by atoms with van der Waals surface area (Å²) in [4.78, 5) is 14.2. The lowest BCUT2D eigenvalue weighted by atomic mass is 9.87. The van der Waals surface area contributed by atoms with Crippen LogP contribution in [0.4, 0.5) is 10.5 Å². The third kappa shape index (κ3) is 3.38. The Bertz CT molecular complexity index is 874. The second-order valence-electron chi connectivity index (χ2n) is 9.42. The van der Waals surface area contributed by atoms with Gasteiger partial charge in [0, 0.05) is 24.2 Å². The van der Waals surface area contributed by atoms with Gasteiger partial charge in [-0.15, -0.1) is 0 Å². The first-order chi connectivity index (χ1) is 13.1. The van der Waals surface area contributed by atoms with Crippen LogP contribution < -0.4 is 4.72 Å². The molecule has 7 heteroatoms. The number of fused-ring (bicyclic) bond motifs is 1. The summed E-state index contributed by atoms with van der Waals surface area (Å²) in [7, 11) is -3.26. The van der Waals surface area contributed by atoms with Gasteiger partial charge in [-0.05, 0) is 69.6 Å². The van der Waals surface area contributed by atoms with Crippen LogP contribution in [-0.2, 0) is 20.2 Å². The molecule has 2 saturated carbocycles. The van der Waals surface area contributed by atoms with Crippen LogP contribution >= 0.6 is 0 Å². The molecule has 1 amide bonds. The summed E-state index contributed by atoms with van der Waals surface area (Å²) < 4.78 is 32.8. The van der Waals surface area contributed by atoms with Crippen molar-refractivity contribution < 1.29 is 17.9 Å². The van der Waals surface area contributed by atoms with Crippen LogP contribution in [0.25, 0.3) is 0 Å². The van der Waals surface area contributed by atoms with Crippen molar-refractivity contribution in [2.45, 2.75) is 63.2 Å². The fourth-order valence-electron chi connectivity index (χ4n) is 4.86. The predicted molar refractivity (Wildman–Crippen MR) is 109 cm³/mol. The maximum Gasteiger partial charge on any atom is 0.410 e. The zero-order chi connectivity index (χ0) is 20.3. The van der Waals surface area contributed by atoms with Crippen LogP contribution in [0.2, 0.25) is 0 Å². The molecule has 3 aliphatic rings. The summed E-state index contributed by atoms with van der Waals surface area (Å²) in [5, 5.41) is -0.237. The molecule has 6 nitrogen and oxygen atoms in total. The number of nitrogens with zero attached hydrogens (tertiary/aromatic N) is 1. The van der Waals surface area contributed by atoms with E-state index in [1.54, 1.807) is 0 Å². The van der Waals surface area contributed by atoms with E-state index in [2.05, 4.69) is 17.7 Å². The molecule has 0 bridgehead atoms. The van der Waals surface area contributed by atoms with Gasteiger partial charge in [-0.2, -0.15) is 0 Å². The van der Waals surface area contributed by atoms with Gasteiger partial charge in [0.2, 0.25) is 10.0 Å². The minimum atomic E-state index is -3.26. The lowest BCUT2D eigenvalue weighted by Gasteiger charge is -2.29. The topological polar surface area (TPSA) is 75.7 Å². The van der Waals surface area contributed by atoms with Crippen molar-refractivity contribution >= 4 is 21.8 Å². The Morgan fingerprint density at radius 1 is 1.25 bits per heavy atom. The van der Waals surface area contributed by atoms with E-state index < -0.39 is 15.6 Å². The van der Waals surface area contributed by atoms with Crippen molar-refractivity contribution in [1.29, 1.82) is 0 Å². The van der Waals surface area contributed by atoms with E-state index >= 15 is 0 Å². The Morgan fingerprint density at radius 2 is 1.89 bits per heavy atom. The molecular weight excluding hydrogens is 376 g/mol. The van der Waals surface area contributed by atoms with Crippen molar-refractivity contribution in [3.63, 3.8) is 0 Å². The van der Waals surface area contributed by atoms with E-state index in [-0.39, 0.29) is 16.8 Å². The number of likely N-dealkylation sites (tertiary alicyclic amines) is 1. The lowest BCUT2D eigenvalue weighted by molar-refractivity contribution is 0.0260. The SMILES string of the molecule is CC[C@@]1(c2cccc(NS(=O)(=O)C3CC3)c2)[C@@H]2CN(C(=O)OC(C)(C)C)C[C@@H]21. The Kier molecular flexibility index (Phi) is 4.45. The van der Waals surface area contributed by atoms with Crippen LogP contribution in [0.1, 0.15) is 52.5 Å². The third-order valence-corrected chi connectivity index (χ3v) is 8.26. The number of carbonyl (C=O) groups excluding carboxylic acids is 1. The van der Waals surface area contributed by atoms with Crippen LogP contribution in [0, 0.1) is 11.8 Å². The van der Waals surface area contributed by atoms with Crippen molar-refractivity contribution in [2.75, 3.05) is 17.8 Å². The van der Waals surface area contributed by atoms with E-state index in [0.29, 0.717) is 30.6 Å². The Labute approximate surface area is 167 Å². The first kappa shape index (κ1) is 19.6. The number of sulfonamides is 1. The highest BCUT2D eigenvalue weighted by molar-refractivity contribution is 7.93. The summed E-state index contributed by atoms with van der Waals surface area (Å²) >= 11 is 0. The van der Waals surface area contributed by atoms with E-state index in [9.17, 15) is 13.2 Å². The largest absolute Gasteiger partial charge is 0.444 e. The number of nitrogens with one attached hydrogen (secondary N) is 1. The van der Waals surface area contributed by atoms with Crippen LogP contribution in [0.3, 0.4) is 0 Å². The highest BCUT2D eigenvalue weighted by Gasteiger charge is 2.68. The Hall–Kier alpha value is -1.76. The number of anilines is 1. The highest BCUT2D eigenvalue weighted by atomic mass is 32.2. The zero-order valence-corrected chi connectivity index (χ0v) is 17.9. The van der Waals surface area contributed by atoms with Gasteiger partial charge in [-0.1, -0.05) is 19.1 Å². The minimum absolute atomic E-state index is 0.0273. The number of carbonyl (C=O) groups is 1. The number of amides is 1. The Balaban J connectivity index is 1.48. The number of rotatable bonds is 5. The summed E-state index contributed by atoms with van der Waals surface area (Å²) in [5.41, 5.74) is 1.36. The van der Waals surface area contributed by atoms with E-state index in [4.69, 9.17) is 4.74 Å². The fraction of sp³-hybridized carbons (Fsp3) is 0.667. The standard InChI is InChI=1S/C21H30N2O4S/c1-5-21(17-12-23(13-18(17)21)19(24)27-20(2,3)4)14-7-6-8-15(11-14)22-28(25,26)16-9-10-16/h6-8,11,16-18,22H,5,9-10,12-13H2,1-4H3/t17-,18+,21-. The molecule has 0 spiro atoms. The normalized spacial score (nSPS) is 29.4. The van der Waals surface area contributed by atoms with Gasteiger partial charge in [0.1, 0.15) is 5.60 Å². The number of benzene rings is 1. The average molecular weight is 407 g/mol. The molecular formula is C21H30N2O4S. The molecule has 3 atom stereocenters. The average Bonchev–Trinajstić information content (AvgIpc) is 3.49. The zero-order valence-electron chi connectivity index (χ0n) is 17.1. The molecule has 1 N–H and O–H groups in total. The summed E-state index contributed by atoms with van der Waals surface area (Å²) in [5.74, 6) is 0.806. The predicted octanol–water partition coefficient (Wildman–Crippen LogP) is 3.74. The molecule has 154 valence electrons. The molecule has 0 unspecified atom stereocenters. The van der Waals surface area contributed by atoms with Gasteiger partial charge in [-0.25, -0.2) is 13.2 Å². The van der Waals surface area contributed by atoms with Crippen molar-refractivity contribution in [3.8, 4) is 0 Å². The minimum Gasteiger partial charge on any atom is -0.444 e. The van der Waals surface area contributed by atoms with E-state index in [1.807, 2.05) is 43.9 Å². The fourth-order valence-corrected chi connectivity index (χ4v) is 6.24. The second-order valence-corrected chi connectivity index (χ2v) is 11.4. The molecule has 1 aromatic carbocycles. The molecule has 3 fully saturated rings. The highest BCUT2D eigenvalue weighted by Crippen LogP contribution is 2.65. The lowest BCUT2D eigenvalue weighted by Crippen LogP contribution is -2.39. The van der Waals surface area contributed by atoms with Crippen molar-refractivity contribution in [3.05, 3.63) is 29.8 Å². The number of hydrogen-bond acceptors (Lipinski definition) is 4. The summed E-state index contributed by atoms with van der Waals surface area (Å²) in [6, 6.07) is 7.82. The van der Waals surface area contributed by atoms with Gasteiger partial charge >= 0.3 is 6.09 Å². The number of hydrogen-bond donors (Lipinski definition) is 1. The monoisotopic (exact) mass is 406 g/mol. The molecule has 4 rings (SSSR count). The molecule has 0 radical (unpaired) electrons. The number of piperidine rings is 1. The van der Waals surface area contributed by atoms with E-state index in [0.717, 1.165) is 19.3 Å². The molecule has 1 aliphatic heterocycles. The van der Waals surface area contributed by atoms with Crippen LogP contribution in [-0.4, -0.2) is 43.4 Å². The van der Waals surface area contributed by atoms with Gasteiger partial charge in [0.05, 0.1) is 5.25 Å². The summed E-state index contributed by atoms with van der Waals surface area (Å²) in [6.45, 7) is 9.22. The number of ether oxygens (including phenoxy) is 1. The quantitative estimate of drug-likeness (QED) is 0.808. The Morgan fingerprint density at radius 3 is 2.43 bits per heavy atom. The maximum absolute atomic E-state index is 12.4. The molecule has 1 saturated heterocycles. The van der Waals surface area contributed by atoms with Gasteiger partial charge < -0.3 is 9.64 Å². The molecule has 1 heterocycles. The van der Waals surface area contributed by atoms with E-state index in [1.165, 1.54) is 5.56 Å². The smallest absolute Gasteiger partial charge is 0.410 e. The molecule has 28 heavy (non-hydrogen) atoms. The summed E-state index contributed by atoms with van der Waals surface area (Å²) in [6.07, 6.45) is 2.23. The molecule has 2 aliphatic carbocycles. The molecule has 1 aromatic rings. The second kappa shape index (κ2) is 6.37. The van der Waals surface area contributed by atoms with Crippen molar-refractivity contribution in [2.24, 2.45) is 11.8 Å². The van der Waals surface area contributed by atoms with Gasteiger partial charge in [0.25, 0.3) is 0 Å². The third-order valence-electron chi connectivity index (χ3n) is 6.39. The van der Waals surface area contributed by atoms with Crippen LogP contribution in [0.15, 0.2) is 24.3 Å². The van der Waals surface area contributed by atoms with Gasteiger partial charge in [0.15, 0.2) is 0 Å². The molecule has 0 aromatic heterocycles.